The Bertz CT molecular complexity index is 607. The minimum Gasteiger partial charge on any atom is -0.487 e. The predicted molar refractivity (Wildman–Crippen MR) is 95.2 cm³/mol. The molecule has 0 radical (unpaired) electrons. The van der Waals surface area contributed by atoms with Crippen molar-refractivity contribution in [3.05, 3.63) is 29.3 Å². The summed E-state index contributed by atoms with van der Waals surface area (Å²) in [4.78, 5) is 0. The minimum atomic E-state index is 0.0928. The molecule has 136 valence electrons. The van der Waals surface area contributed by atoms with Gasteiger partial charge in [0, 0.05) is 31.7 Å². The van der Waals surface area contributed by atoms with Crippen molar-refractivity contribution >= 4 is 6.08 Å². The number of rotatable bonds is 5. The zero-order valence-corrected chi connectivity index (χ0v) is 14.5. The molecule has 1 aromatic carbocycles. The van der Waals surface area contributed by atoms with E-state index in [1.165, 1.54) is 5.57 Å². The van der Waals surface area contributed by atoms with Crippen LogP contribution in [0.15, 0.2) is 23.8 Å². The maximum absolute atomic E-state index is 6.02. The Kier molecular flexibility index (Phi) is 5.52. The fourth-order valence-electron chi connectivity index (χ4n) is 3.41. The monoisotopic (exact) mass is 346 g/mol. The summed E-state index contributed by atoms with van der Waals surface area (Å²) in [6, 6.07) is 6.04. The number of benzene rings is 1. The lowest BCUT2D eigenvalue weighted by Gasteiger charge is -2.27. The van der Waals surface area contributed by atoms with Crippen LogP contribution < -0.4 is 20.1 Å². The molecule has 0 aliphatic carbocycles. The van der Waals surface area contributed by atoms with E-state index in [9.17, 15) is 0 Å². The summed E-state index contributed by atoms with van der Waals surface area (Å²) in [6.07, 6.45) is 3.44. The Hall–Kier alpha value is -1.60. The average Bonchev–Trinajstić information content (AvgIpc) is 2.68. The molecule has 2 N–H and O–H groups in total. The highest BCUT2D eigenvalue weighted by molar-refractivity contribution is 5.66. The molecule has 3 aliphatic heterocycles. The van der Waals surface area contributed by atoms with Crippen molar-refractivity contribution in [2.24, 2.45) is 0 Å². The Labute approximate surface area is 148 Å². The summed E-state index contributed by atoms with van der Waals surface area (Å²) in [5.74, 6) is 1.62. The molecule has 3 heterocycles. The van der Waals surface area contributed by atoms with E-state index in [0.29, 0.717) is 13.2 Å². The highest BCUT2D eigenvalue weighted by Gasteiger charge is 2.21. The second kappa shape index (κ2) is 8.19. The van der Waals surface area contributed by atoms with Gasteiger partial charge in [0.15, 0.2) is 11.5 Å². The lowest BCUT2D eigenvalue weighted by atomic mass is 10.0. The van der Waals surface area contributed by atoms with Gasteiger partial charge in [-0.2, -0.15) is 0 Å². The van der Waals surface area contributed by atoms with Gasteiger partial charge in [0.2, 0.25) is 0 Å². The number of fused-ring (bicyclic) bond motifs is 1. The molecule has 0 aromatic heterocycles. The summed E-state index contributed by atoms with van der Waals surface area (Å²) < 4.78 is 23.5. The molecule has 6 nitrogen and oxygen atoms in total. The predicted octanol–water partition coefficient (Wildman–Crippen LogP) is 1.21. The Morgan fingerprint density at radius 2 is 1.84 bits per heavy atom. The van der Waals surface area contributed by atoms with Crippen molar-refractivity contribution in [2.75, 3.05) is 52.6 Å². The van der Waals surface area contributed by atoms with Crippen molar-refractivity contribution in [3.63, 3.8) is 0 Å². The van der Waals surface area contributed by atoms with Gasteiger partial charge in [-0.25, -0.2) is 0 Å². The first-order valence-electron chi connectivity index (χ1n) is 9.11. The molecule has 2 saturated heterocycles. The van der Waals surface area contributed by atoms with Crippen LogP contribution in [0.1, 0.15) is 12.0 Å². The molecular formula is C19H26N2O4. The summed E-state index contributed by atoms with van der Waals surface area (Å²) in [5.41, 5.74) is 2.34. The highest BCUT2D eigenvalue weighted by atomic mass is 16.5. The van der Waals surface area contributed by atoms with Crippen molar-refractivity contribution in [3.8, 4) is 11.5 Å². The smallest absolute Gasteiger partial charge is 0.168 e. The van der Waals surface area contributed by atoms with E-state index >= 15 is 0 Å². The van der Waals surface area contributed by atoms with Crippen LogP contribution >= 0.6 is 0 Å². The van der Waals surface area contributed by atoms with Gasteiger partial charge < -0.3 is 29.6 Å². The molecule has 0 spiro atoms. The molecule has 0 bridgehead atoms. The van der Waals surface area contributed by atoms with Crippen molar-refractivity contribution in [1.29, 1.82) is 0 Å². The fraction of sp³-hybridized carbons (Fsp3) is 0.579. The van der Waals surface area contributed by atoms with E-state index < -0.39 is 0 Å². The first-order chi connectivity index (χ1) is 12.4. The number of ether oxygens (including phenoxy) is 4. The van der Waals surface area contributed by atoms with Crippen LogP contribution in [0, 0.1) is 0 Å². The van der Waals surface area contributed by atoms with Crippen LogP contribution in [0.2, 0.25) is 0 Å². The number of para-hydroxylation sites is 1. The summed E-state index contributed by atoms with van der Waals surface area (Å²) >= 11 is 0. The van der Waals surface area contributed by atoms with E-state index in [2.05, 4.69) is 22.8 Å². The second-order valence-electron chi connectivity index (χ2n) is 6.67. The van der Waals surface area contributed by atoms with Gasteiger partial charge >= 0.3 is 0 Å². The maximum Gasteiger partial charge on any atom is 0.168 e. The van der Waals surface area contributed by atoms with Gasteiger partial charge in [0.25, 0.3) is 0 Å². The van der Waals surface area contributed by atoms with Gasteiger partial charge in [-0.3, -0.25) is 0 Å². The van der Waals surface area contributed by atoms with Gasteiger partial charge in [0.05, 0.1) is 19.3 Å². The van der Waals surface area contributed by atoms with Crippen molar-refractivity contribution < 1.29 is 18.9 Å². The third-order valence-electron chi connectivity index (χ3n) is 4.69. The van der Waals surface area contributed by atoms with Gasteiger partial charge in [-0.15, -0.1) is 0 Å². The number of morpholine rings is 2. The molecule has 2 unspecified atom stereocenters. The molecule has 3 aliphatic rings. The molecule has 2 fully saturated rings. The number of hydrogen-bond acceptors (Lipinski definition) is 6. The molecule has 1 aromatic rings. The molecule has 0 saturated carbocycles. The van der Waals surface area contributed by atoms with Crippen molar-refractivity contribution in [2.45, 2.75) is 18.6 Å². The summed E-state index contributed by atoms with van der Waals surface area (Å²) in [5, 5.41) is 6.69. The van der Waals surface area contributed by atoms with Crippen molar-refractivity contribution in [1.82, 2.24) is 10.6 Å². The normalized spacial score (nSPS) is 26.3. The zero-order valence-electron chi connectivity index (χ0n) is 14.5. The molecular weight excluding hydrogens is 320 g/mol. The highest BCUT2D eigenvalue weighted by Crippen LogP contribution is 2.36. The molecule has 6 heteroatoms. The van der Waals surface area contributed by atoms with E-state index in [-0.39, 0.29) is 12.2 Å². The Balaban J connectivity index is 1.40. The van der Waals surface area contributed by atoms with E-state index in [4.69, 9.17) is 18.9 Å². The van der Waals surface area contributed by atoms with Crippen LogP contribution in [0.25, 0.3) is 6.08 Å². The Morgan fingerprint density at radius 1 is 1.04 bits per heavy atom. The molecule has 4 rings (SSSR count). The fourth-order valence-corrected chi connectivity index (χ4v) is 3.41. The van der Waals surface area contributed by atoms with Crippen LogP contribution in [-0.2, 0) is 9.47 Å². The average molecular weight is 346 g/mol. The number of hydrogen-bond donors (Lipinski definition) is 2. The first kappa shape index (κ1) is 16.8. The standard InChI is InChI=1S/C19H26N2O4/c1-2-15-8-14(9-16-10-20-4-6-22-16)12-25-19(15)18(3-1)24-13-17-11-21-5-7-23-17/h1-3,8,16-17,20-21H,4-7,9-13H2. The van der Waals surface area contributed by atoms with Gasteiger partial charge in [0.1, 0.15) is 19.3 Å². The van der Waals surface area contributed by atoms with E-state index in [1.807, 2.05) is 12.1 Å². The molecule has 0 amide bonds. The topological polar surface area (TPSA) is 61.0 Å². The quantitative estimate of drug-likeness (QED) is 0.836. The zero-order chi connectivity index (χ0) is 16.9. The molecule has 25 heavy (non-hydrogen) atoms. The van der Waals surface area contributed by atoms with Crippen LogP contribution in [0.3, 0.4) is 0 Å². The molecule has 2 atom stereocenters. The van der Waals surface area contributed by atoms with Crippen LogP contribution in [0.5, 0.6) is 11.5 Å². The van der Waals surface area contributed by atoms with Gasteiger partial charge in [-0.1, -0.05) is 12.1 Å². The maximum atomic E-state index is 6.02. The van der Waals surface area contributed by atoms with Gasteiger partial charge in [-0.05, 0) is 24.1 Å². The largest absolute Gasteiger partial charge is 0.487 e. The van der Waals surface area contributed by atoms with E-state index in [1.54, 1.807) is 0 Å². The second-order valence-corrected chi connectivity index (χ2v) is 6.67. The first-order valence-corrected chi connectivity index (χ1v) is 9.11. The third kappa shape index (κ3) is 4.33. The SMILES string of the molecule is C1=C(CC2CNCCO2)COc2c1cccc2OCC1CNCCO1. The van der Waals surface area contributed by atoms with Crippen LogP contribution in [0.4, 0.5) is 0 Å². The lowest BCUT2D eigenvalue weighted by molar-refractivity contribution is -0.000399. The van der Waals surface area contributed by atoms with E-state index in [0.717, 1.165) is 62.9 Å². The summed E-state index contributed by atoms with van der Waals surface area (Å²) in [7, 11) is 0. The third-order valence-corrected chi connectivity index (χ3v) is 4.69. The van der Waals surface area contributed by atoms with Crippen LogP contribution in [-0.4, -0.2) is 64.8 Å². The Morgan fingerprint density at radius 3 is 2.60 bits per heavy atom. The number of nitrogens with one attached hydrogen (secondary N) is 2. The summed E-state index contributed by atoms with van der Waals surface area (Å²) in [6.45, 7) is 6.23. The lowest BCUT2D eigenvalue weighted by Crippen LogP contribution is -2.41. The minimum absolute atomic E-state index is 0.0928.